The molecule has 2 atom stereocenters. The van der Waals surface area contributed by atoms with E-state index in [1.165, 1.54) is 35.9 Å². The van der Waals surface area contributed by atoms with Crippen LogP contribution in [0.5, 0.6) is 0 Å². The molecule has 6 nitrogen and oxygen atoms in total. The molecular formula is C18H19FN2O4S. The summed E-state index contributed by atoms with van der Waals surface area (Å²) < 4.78 is 24.0. The number of allylic oxidation sites excluding steroid dienone is 1. The van der Waals surface area contributed by atoms with Gasteiger partial charge in [-0.25, -0.2) is 14.2 Å². The maximum Gasteiger partial charge on any atom is 0.338 e. The molecule has 1 aromatic carbocycles. The Bertz CT molecular complexity index is 808. The van der Waals surface area contributed by atoms with Gasteiger partial charge in [0.25, 0.3) is 0 Å². The Labute approximate surface area is 155 Å². The van der Waals surface area contributed by atoms with Crippen LogP contribution in [0.15, 0.2) is 40.5 Å². The predicted molar refractivity (Wildman–Crippen MR) is 96.0 cm³/mol. The third-order valence-electron chi connectivity index (χ3n) is 4.16. The Morgan fingerprint density at radius 3 is 2.85 bits per heavy atom. The van der Waals surface area contributed by atoms with Crippen molar-refractivity contribution in [1.82, 2.24) is 4.90 Å². The van der Waals surface area contributed by atoms with E-state index < -0.39 is 17.8 Å². The lowest BCUT2D eigenvalue weighted by molar-refractivity contribution is -0.141. The summed E-state index contributed by atoms with van der Waals surface area (Å²) in [6.07, 6.45) is 0. The van der Waals surface area contributed by atoms with Crippen LogP contribution in [-0.2, 0) is 19.1 Å². The zero-order valence-electron chi connectivity index (χ0n) is 14.7. The monoisotopic (exact) mass is 378 g/mol. The molecule has 2 aliphatic heterocycles. The zero-order chi connectivity index (χ0) is 18.8. The van der Waals surface area contributed by atoms with Gasteiger partial charge in [0.05, 0.1) is 29.2 Å². The Balaban J connectivity index is 2.05. The van der Waals surface area contributed by atoms with E-state index in [1.54, 1.807) is 26.0 Å². The smallest absolute Gasteiger partial charge is 0.338 e. The van der Waals surface area contributed by atoms with Crippen molar-refractivity contribution in [2.24, 2.45) is 4.99 Å². The average molecular weight is 378 g/mol. The van der Waals surface area contributed by atoms with Gasteiger partial charge in [0.15, 0.2) is 5.17 Å². The Morgan fingerprint density at radius 2 is 2.15 bits per heavy atom. The van der Waals surface area contributed by atoms with E-state index in [9.17, 15) is 14.0 Å². The first-order chi connectivity index (χ1) is 12.4. The van der Waals surface area contributed by atoms with E-state index in [1.807, 2.05) is 0 Å². The number of aliphatic imine (C=N–C) groups is 1. The highest BCUT2D eigenvalue weighted by Gasteiger charge is 2.46. The van der Waals surface area contributed by atoms with E-state index in [0.717, 1.165) is 0 Å². The molecule has 1 amide bonds. The molecule has 26 heavy (non-hydrogen) atoms. The molecular weight excluding hydrogens is 359 g/mol. The average Bonchev–Trinajstić information content (AvgIpc) is 2.87. The highest BCUT2D eigenvalue weighted by molar-refractivity contribution is 8.15. The van der Waals surface area contributed by atoms with Crippen LogP contribution in [0, 0.1) is 5.82 Å². The first-order valence-electron chi connectivity index (χ1n) is 8.14. The fourth-order valence-electron chi connectivity index (χ4n) is 2.95. The topological polar surface area (TPSA) is 68.2 Å². The lowest BCUT2D eigenvalue weighted by atomic mass is 9.94. The molecule has 3 rings (SSSR count). The Kier molecular flexibility index (Phi) is 5.43. The standard InChI is InChI=1S/C18H19FN2O4S/c1-10-14(17(23)25-8-7-24-3)15(12-5-4-6-13(19)9-12)21-16(22)11(2)26-18(21)20-10/h4-6,9,11,15H,7-8H2,1-3H3/t11-,15-/m1/s1. The van der Waals surface area contributed by atoms with Crippen LogP contribution in [0.3, 0.4) is 0 Å². The van der Waals surface area contributed by atoms with Gasteiger partial charge in [0, 0.05) is 7.11 Å². The molecule has 0 N–H and O–H groups in total. The zero-order valence-corrected chi connectivity index (χ0v) is 15.5. The maximum atomic E-state index is 13.8. The third-order valence-corrected chi connectivity index (χ3v) is 5.22. The molecule has 0 unspecified atom stereocenters. The largest absolute Gasteiger partial charge is 0.460 e. The molecule has 0 aromatic heterocycles. The van der Waals surface area contributed by atoms with Crippen molar-refractivity contribution in [2.75, 3.05) is 20.3 Å². The fraction of sp³-hybridized carbons (Fsp3) is 0.389. The van der Waals surface area contributed by atoms with Crippen LogP contribution >= 0.6 is 11.8 Å². The van der Waals surface area contributed by atoms with E-state index in [4.69, 9.17) is 9.47 Å². The molecule has 0 spiro atoms. The van der Waals surface area contributed by atoms with Gasteiger partial charge in [-0.05, 0) is 31.5 Å². The van der Waals surface area contributed by atoms with Crippen molar-refractivity contribution in [3.05, 3.63) is 46.9 Å². The van der Waals surface area contributed by atoms with E-state index >= 15 is 0 Å². The number of fused-ring (bicyclic) bond motifs is 1. The number of carbonyl (C=O) groups is 2. The lowest BCUT2D eigenvalue weighted by Gasteiger charge is -2.33. The van der Waals surface area contributed by atoms with Crippen molar-refractivity contribution in [2.45, 2.75) is 25.1 Å². The maximum absolute atomic E-state index is 13.8. The number of carbonyl (C=O) groups excluding carboxylic acids is 2. The summed E-state index contributed by atoms with van der Waals surface area (Å²) in [5.74, 6) is -1.20. The van der Waals surface area contributed by atoms with Gasteiger partial charge >= 0.3 is 5.97 Å². The van der Waals surface area contributed by atoms with Gasteiger partial charge < -0.3 is 9.47 Å². The second-order valence-corrected chi connectivity index (χ2v) is 7.26. The highest BCUT2D eigenvalue weighted by atomic mass is 32.2. The van der Waals surface area contributed by atoms with Crippen molar-refractivity contribution in [1.29, 1.82) is 0 Å². The second-order valence-electron chi connectivity index (χ2n) is 5.95. The molecule has 8 heteroatoms. The second kappa shape index (κ2) is 7.59. The van der Waals surface area contributed by atoms with Crippen LogP contribution in [0.4, 0.5) is 4.39 Å². The minimum absolute atomic E-state index is 0.0810. The normalized spacial score (nSPS) is 22.4. The van der Waals surface area contributed by atoms with Gasteiger partial charge in [-0.3, -0.25) is 9.69 Å². The van der Waals surface area contributed by atoms with Crippen molar-refractivity contribution >= 4 is 28.8 Å². The highest BCUT2D eigenvalue weighted by Crippen LogP contribution is 2.43. The molecule has 1 fully saturated rings. The van der Waals surface area contributed by atoms with Crippen LogP contribution in [0.1, 0.15) is 25.5 Å². The quantitative estimate of drug-likeness (QED) is 0.582. The summed E-state index contributed by atoms with van der Waals surface area (Å²) in [5, 5.41) is 0.198. The number of nitrogens with zero attached hydrogens (tertiary/aromatic N) is 2. The van der Waals surface area contributed by atoms with Gasteiger partial charge in [-0.15, -0.1) is 0 Å². The molecule has 1 saturated heterocycles. The number of benzene rings is 1. The van der Waals surface area contributed by atoms with Crippen LogP contribution in [0.25, 0.3) is 0 Å². The van der Waals surface area contributed by atoms with E-state index in [-0.39, 0.29) is 29.9 Å². The minimum Gasteiger partial charge on any atom is -0.460 e. The van der Waals surface area contributed by atoms with Crippen molar-refractivity contribution in [3.8, 4) is 0 Å². The number of methoxy groups -OCH3 is 1. The number of hydrogen-bond donors (Lipinski definition) is 0. The van der Waals surface area contributed by atoms with Crippen molar-refractivity contribution < 1.29 is 23.5 Å². The molecule has 0 saturated carbocycles. The number of hydrogen-bond acceptors (Lipinski definition) is 6. The van der Waals surface area contributed by atoms with Gasteiger partial charge in [-0.2, -0.15) is 0 Å². The Hall–Kier alpha value is -2.19. The van der Waals surface area contributed by atoms with Crippen LogP contribution in [0.2, 0.25) is 0 Å². The minimum atomic E-state index is -0.766. The van der Waals surface area contributed by atoms with E-state index in [0.29, 0.717) is 16.4 Å². The van der Waals surface area contributed by atoms with Crippen LogP contribution < -0.4 is 0 Å². The summed E-state index contributed by atoms with van der Waals surface area (Å²) in [5.41, 5.74) is 1.19. The number of rotatable bonds is 5. The number of amides is 1. The predicted octanol–water partition coefficient (Wildman–Crippen LogP) is 2.66. The molecule has 2 aliphatic rings. The number of amidine groups is 1. The molecule has 138 valence electrons. The van der Waals surface area contributed by atoms with Gasteiger partial charge in [0.2, 0.25) is 5.91 Å². The number of esters is 1. The molecule has 1 aromatic rings. The fourth-order valence-corrected chi connectivity index (χ4v) is 3.98. The summed E-state index contributed by atoms with van der Waals surface area (Å²) in [7, 11) is 1.51. The summed E-state index contributed by atoms with van der Waals surface area (Å²) in [6.45, 7) is 3.81. The first kappa shape index (κ1) is 18.6. The first-order valence-corrected chi connectivity index (χ1v) is 9.02. The summed E-state index contributed by atoms with van der Waals surface area (Å²) in [4.78, 5) is 31.2. The number of halogens is 1. The number of thioether (sulfide) groups is 1. The summed E-state index contributed by atoms with van der Waals surface area (Å²) >= 11 is 1.33. The van der Waals surface area contributed by atoms with Crippen LogP contribution in [-0.4, -0.2) is 47.5 Å². The molecule has 2 heterocycles. The van der Waals surface area contributed by atoms with Gasteiger partial charge in [0.1, 0.15) is 12.4 Å². The van der Waals surface area contributed by atoms with E-state index in [2.05, 4.69) is 4.99 Å². The molecule has 0 radical (unpaired) electrons. The van der Waals surface area contributed by atoms with Crippen molar-refractivity contribution in [3.63, 3.8) is 0 Å². The molecule has 0 aliphatic carbocycles. The molecule has 0 bridgehead atoms. The number of ether oxygens (including phenoxy) is 2. The third kappa shape index (κ3) is 3.39. The summed E-state index contributed by atoms with van der Waals surface area (Å²) in [6, 6.07) is 5.12. The SMILES string of the molecule is COCCOC(=O)C1=C(C)N=C2S[C@H](C)C(=O)N2[C@@H]1c1cccc(F)c1. The Morgan fingerprint density at radius 1 is 1.38 bits per heavy atom. The van der Waals surface area contributed by atoms with Gasteiger partial charge in [-0.1, -0.05) is 23.9 Å². The lowest BCUT2D eigenvalue weighted by Crippen LogP contribution is -2.40.